The van der Waals surface area contributed by atoms with E-state index in [0.717, 1.165) is 0 Å². The normalized spacial score (nSPS) is 10.6. The van der Waals surface area contributed by atoms with Crippen LogP contribution < -0.4 is 0 Å². The van der Waals surface area contributed by atoms with Crippen LogP contribution >= 0.6 is 11.8 Å². The lowest BCUT2D eigenvalue weighted by Gasteiger charge is -2.11. The van der Waals surface area contributed by atoms with Crippen LogP contribution in [0.1, 0.15) is 34.1 Å². The van der Waals surface area contributed by atoms with Crippen molar-refractivity contribution in [1.29, 1.82) is 5.26 Å². The number of pyridine rings is 1. The third-order valence-corrected chi connectivity index (χ3v) is 4.47. The number of esters is 1. The maximum absolute atomic E-state index is 13.7. The number of carbonyl (C=O) groups is 1. The first-order valence-corrected chi connectivity index (χ1v) is 8.43. The van der Waals surface area contributed by atoms with E-state index in [-0.39, 0.29) is 28.5 Å². The summed E-state index contributed by atoms with van der Waals surface area (Å²) in [5, 5.41) is 9.18. The molecule has 2 rings (SSSR count). The van der Waals surface area contributed by atoms with Gasteiger partial charge in [-0.2, -0.15) is 5.26 Å². The number of carbonyl (C=O) groups excluding carboxylic acids is 1. The number of hydrogen-bond donors (Lipinski definition) is 0. The molecule has 0 unspecified atom stereocenters. The summed E-state index contributed by atoms with van der Waals surface area (Å²) >= 11 is 0.603. The fourth-order valence-corrected chi connectivity index (χ4v) is 3.10. The maximum Gasteiger partial charge on any atom is 0.340 e. The molecule has 0 aliphatic carbocycles. The molecule has 10 heteroatoms. The third kappa shape index (κ3) is 4.03. The van der Waals surface area contributed by atoms with E-state index in [1.54, 1.807) is 13.0 Å². The molecule has 0 saturated heterocycles. The summed E-state index contributed by atoms with van der Waals surface area (Å²) in [4.78, 5) is 15.8. The van der Waals surface area contributed by atoms with Crippen LogP contribution in [0, 0.1) is 47.3 Å². The number of rotatable bonds is 5. The predicted octanol–water partition coefficient (Wildman–Crippen LogP) is 4.43. The van der Waals surface area contributed by atoms with Gasteiger partial charge in [-0.25, -0.2) is 31.7 Å². The minimum Gasteiger partial charge on any atom is -0.462 e. The van der Waals surface area contributed by atoms with Crippen molar-refractivity contribution in [2.24, 2.45) is 0 Å². The van der Waals surface area contributed by atoms with Gasteiger partial charge in [0.25, 0.3) is 0 Å². The quantitative estimate of drug-likeness (QED) is 0.244. The monoisotopic (exact) mass is 402 g/mol. The number of benzene rings is 1. The molecule has 1 aromatic carbocycles. The van der Waals surface area contributed by atoms with Gasteiger partial charge in [0.2, 0.25) is 5.82 Å². The van der Waals surface area contributed by atoms with Gasteiger partial charge in [-0.1, -0.05) is 0 Å². The average molecular weight is 402 g/mol. The first-order chi connectivity index (χ1) is 12.7. The summed E-state index contributed by atoms with van der Waals surface area (Å²) in [6, 6.07) is 2.97. The Morgan fingerprint density at radius 2 is 1.70 bits per heavy atom. The highest BCUT2D eigenvalue weighted by atomic mass is 32.2. The van der Waals surface area contributed by atoms with Crippen LogP contribution in [0.15, 0.2) is 11.1 Å². The van der Waals surface area contributed by atoms with Gasteiger partial charge >= 0.3 is 5.97 Å². The number of hydrogen-bond acceptors (Lipinski definition) is 5. The molecule has 4 nitrogen and oxygen atoms in total. The van der Waals surface area contributed by atoms with Gasteiger partial charge in [0, 0.05) is 11.3 Å². The molecule has 27 heavy (non-hydrogen) atoms. The molecular formula is C17H11F5N2O2S. The zero-order chi connectivity index (χ0) is 20.3. The van der Waals surface area contributed by atoms with Gasteiger partial charge in [-0.15, -0.1) is 11.8 Å². The Kier molecular flexibility index (Phi) is 6.38. The van der Waals surface area contributed by atoms with E-state index in [4.69, 9.17) is 4.74 Å². The topological polar surface area (TPSA) is 63.0 Å². The molecule has 0 spiro atoms. The lowest BCUT2D eigenvalue weighted by molar-refractivity contribution is 0.0524. The summed E-state index contributed by atoms with van der Waals surface area (Å²) in [7, 11) is 0. The second-order valence-electron chi connectivity index (χ2n) is 5.14. The van der Waals surface area contributed by atoms with E-state index in [1.165, 1.54) is 13.0 Å². The minimum absolute atomic E-state index is 0.0213. The van der Waals surface area contributed by atoms with Crippen molar-refractivity contribution >= 4 is 17.7 Å². The molecule has 0 radical (unpaired) electrons. The lowest BCUT2D eigenvalue weighted by atomic mass is 10.1. The summed E-state index contributed by atoms with van der Waals surface area (Å²) in [5.41, 5.74) is -0.909. The zero-order valence-corrected chi connectivity index (χ0v) is 14.8. The van der Waals surface area contributed by atoms with Crippen molar-refractivity contribution in [3.63, 3.8) is 0 Å². The van der Waals surface area contributed by atoms with Crippen LogP contribution in [0.25, 0.3) is 0 Å². The van der Waals surface area contributed by atoms with Gasteiger partial charge in [-0.3, -0.25) is 0 Å². The summed E-state index contributed by atoms with van der Waals surface area (Å²) in [6.45, 7) is 3.16. The van der Waals surface area contributed by atoms with E-state index in [0.29, 0.717) is 11.8 Å². The molecule has 0 aliphatic rings. The van der Waals surface area contributed by atoms with Crippen LogP contribution in [0.4, 0.5) is 22.0 Å². The van der Waals surface area contributed by atoms with Gasteiger partial charge in [0.05, 0.1) is 23.4 Å². The van der Waals surface area contributed by atoms with E-state index in [9.17, 15) is 32.0 Å². The number of thioether (sulfide) groups is 1. The smallest absolute Gasteiger partial charge is 0.340 e. The molecule has 142 valence electrons. The number of nitrogens with zero attached hydrogens (tertiary/aromatic N) is 2. The van der Waals surface area contributed by atoms with E-state index >= 15 is 0 Å². The number of halogens is 5. The maximum atomic E-state index is 13.7. The van der Waals surface area contributed by atoms with E-state index in [1.807, 2.05) is 0 Å². The zero-order valence-electron chi connectivity index (χ0n) is 14.0. The minimum atomic E-state index is -2.25. The molecule has 0 saturated carbocycles. The molecule has 0 N–H and O–H groups in total. The summed E-state index contributed by atoms with van der Waals surface area (Å²) in [6.07, 6.45) is 0. The molecule has 1 heterocycles. The highest BCUT2D eigenvalue weighted by molar-refractivity contribution is 7.98. The number of aryl methyl sites for hydroxylation is 1. The number of ether oxygens (including phenoxy) is 1. The Balaban J connectivity index is 2.39. The Hall–Kier alpha value is -2.67. The molecule has 0 aliphatic heterocycles. The molecule has 2 aromatic rings. The van der Waals surface area contributed by atoms with E-state index in [2.05, 4.69) is 4.98 Å². The van der Waals surface area contributed by atoms with Gasteiger partial charge in [0.1, 0.15) is 11.1 Å². The molecule has 0 bridgehead atoms. The van der Waals surface area contributed by atoms with Gasteiger partial charge in [-0.05, 0) is 19.9 Å². The fourth-order valence-electron chi connectivity index (χ4n) is 2.11. The van der Waals surface area contributed by atoms with Crippen molar-refractivity contribution < 1.29 is 31.5 Å². The second-order valence-corrected chi connectivity index (χ2v) is 6.11. The van der Waals surface area contributed by atoms with Crippen LogP contribution in [0.3, 0.4) is 0 Å². The first kappa shape index (κ1) is 20.6. The van der Waals surface area contributed by atoms with Crippen molar-refractivity contribution in [3.8, 4) is 6.07 Å². The van der Waals surface area contributed by atoms with E-state index < -0.39 is 46.4 Å². The van der Waals surface area contributed by atoms with Crippen LogP contribution in [-0.4, -0.2) is 17.6 Å². The van der Waals surface area contributed by atoms with Crippen LogP contribution in [0.2, 0.25) is 0 Å². The third-order valence-electron chi connectivity index (χ3n) is 3.45. The molecular weight excluding hydrogens is 391 g/mol. The number of nitriles is 1. The Morgan fingerprint density at radius 1 is 1.15 bits per heavy atom. The molecule has 1 aromatic heterocycles. The SMILES string of the molecule is CCOC(=O)c1cc(C#N)c(SCc2c(F)c(F)c(F)c(F)c2F)nc1C. The van der Waals surface area contributed by atoms with Crippen molar-refractivity contribution in [2.45, 2.75) is 24.6 Å². The molecule has 0 atom stereocenters. The highest BCUT2D eigenvalue weighted by Crippen LogP contribution is 2.31. The highest BCUT2D eigenvalue weighted by Gasteiger charge is 2.26. The summed E-state index contributed by atoms with van der Waals surface area (Å²) < 4.78 is 71.9. The van der Waals surface area contributed by atoms with Crippen molar-refractivity contribution in [2.75, 3.05) is 6.61 Å². The summed E-state index contributed by atoms with van der Waals surface area (Å²) in [5.74, 6) is -11.6. The van der Waals surface area contributed by atoms with Crippen molar-refractivity contribution in [1.82, 2.24) is 4.98 Å². The molecule has 0 fully saturated rings. The Morgan fingerprint density at radius 3 is 2.22 bits per heavy atom. The predicted molar refractivity (Wildman–Crippen MR) is 85.4 cm³/mol. The van der Waals surface area contributed by atoms with Crippen LogP contribution in [-0.2, 0) is 10.5 Å². The van der Waals surface area contributed by atoms with Crippen LogP contribution in [0.5, 0.6) is 0 Å². The second kappa shape index (κ2) is 8.35. The van der Waals surface area contributed by atoms with Gasteiger partial charge in [0.15, 0.2) is 23.3 Å². The fraction of sp³-hybridized carbons (Fsp3) is 0.235. The Bertz CT molecular complexity index is 931. The average Bonchev–Trinajstić information content (AvgIpc) is 2.65. The molecule has 0 amide bonds. The number of aromatic nitrogens is 1. The van der Waals surface area contributed by atoms with Gasteiger partial charge < -0.3 is 4.74 Å². The Labute approximate surface area is 155 Å². The first-order valence-electron chi connectivity index (χ1n) is 7.44. The lowest BCUT2D eigenvalue weighted by Crippen LogP contribution is -2.09. The largest absolute Gasteiger partial charge is 0.462 e. The van der Waals surface area contributed by atoms with Crippen molar-refractivity contribution in [3.05, 3.63) is 57.5 Å². The standard InChI is InChI=1S/C17H11F5N2O2S/c1-3-26-17(25)9-4-8(5-23)16(24-7(9)2)27-6-10-11(18)13(20)15(22)14(21)12(10)19/h4H,3,6H2,1-2H3.